The molecule has 0 saturated carbocycles. The first-order valence-corrected chi connectivity index (χ1v) is 8.28. The van der Waals surface area contributed by atoms with E-state index in [1.54, 1.807) is 7.11 Å². The summed E-state index contributed by atoms with van der Waals surface area (Å²) in [6.07, 6.45) is 0.764. The molecule has 0 spiro atoms. The monoisotopic (exact) mass is 320 g/mol. The predicted octanol–water partition coefficient (Wildman–Crippen LogP) is 3.85. The van der Waals surface area contributed by atoms with E-state index in [-0.39, 0.29) is 5.54 Å². The topological polar surface area (TPSA) is 36.3 Å². The van der Waals surface area contributed by atoms with E-state index in [1.807, 2.05) is 13.0 Å². The lowest BCUT2D eigenvalue weighted by Crippen LogP contribution is -2.54. The van der Waals surface area contributed by atoms with Crippen LogP contribution in [0.25, 0.3) is 0 Å². The van der Waals surface area contributed by atoms with Gasteiger partial charge in [-0.05, 0) is 45.2 Å². The maximum Gasteiger partial charge on any atom is 0.127 e. The molecule has 4 heteroatoms. The van der Waals surface area contributed by atoms with Crippen molar-refractivity contribution in [2.24, 2.45) is 0 Å². The summed E-state index contributed by atoms with van der Waals surface area (Å²) in [7, 11) is 1.69. The number of ether oxygens (including phenoxy) is 1. The molecule has 0 unspecified atom stereocenters. The number of rotatable bonds is 4. The van der Waals surface area contributed by atoms with Gasteiger partial charge in [0.2, 0.25) is 0 Å². The summed E-state index contributed by atoms with van der Waals surface area (Å²) in [5, 5.41) is 9.59. The van der Waals surface area contributed by atoms with Crippen molar-refractivity contribution in [1.82, 2.24) is 4.90 Å². The summed E-state index contributed by atoms with van der Waals surface area (Å²) in [6, 6.07) is 4.42. The number of aryl methyl sites for hydroxylation is 2. The second-order valence-electron chi connectivity index (χ2n) is 7.00. The fourth-order valence-corrected chi connectivity index (χ4v) is 3.38. The zero-order valence-electron chi connectivity index (χ0n) is 14.2. The van der Waals surface area contributed by atoms with E-state index < -0.39 is 0 Å². The predicted molar refractivity (Wildman–Crippen MR) is 90.9 cm³/mol. The van der Waals surface area contributed by atoms with Gasteiger partial charge < -0.3 is 4.74 Å². The van der Waals surface area contributed by atoms with Crippen LogP contribution in [0.1, 0.15) is 48.9 Å². The highest BCUT2D eigenvalue weighted by atomic mass is 35.5. The summed E-state index contributed by atoms with van der Waals surface area (Å²) in [6.45, 7) is 10.6. The van der Waals surface area contributed by atoms with Gasteiger partial charge in [-0.2, -0.15) is 5.26 Å². The molecule has 1 aliphatic heterocycles. The third-order valence-corrected chi connectivity index (χ3v) is 4.70. The van der Waals surface area contributed by atoms with Gasteiger partial charge in [0.15, 0.2) is 0 Å². The summed E-state index contributed by atoms with van der Waals surface area (Å²) in [4.78, 5) is 2.43. The molecular formula is C18H25ClN2O. The smallest absolute Gasteiger partial charge is 0.127 e. The van der Waals surface area contributed by atoms with Crippen molar-refractivity contribution in [3.05, 3.63) is 28.3 Å². The maximum atomic E-state index is 9.59. The number of likely N-dealkylation sites (tertiary alicyclic amines) is 1. The Morgan fingerprint density at radius 3 is 2.50 bits per heavy atom. The molecule has 22 heavy (non-hydrogen) atoms. The second-order valence-corrected chi connectivity index (χ2v) is 7.38. The molecule has 1 fully saturated rings. The van der Waals surface area contributed by atoms with Crippen molar-refractivity contribution in [3.63, 3.8) is 0 Å². The standard InChI is InChI=1S/C18H25ClN2O/c1-12-8-13(6-7-19)17(22-5)16(15(12)9-20)14-10-21(11-14)18(2,3)4/h8,14H,6-7,10-11H2,1-5H3. The minimum Gasteiger partial charge on any atom is -0.496 e. The largest absolute Gasteiger partial charge is 0.496 e. The lowest BCUT2D eigenvalue weighted by atomic mass is 9.81. The van der Waals surface area contributed by atoms with Crippen LogP contribution in [0.2, 0.25) is 0 Å². The van der Waals surface area contributed by atoms with Crippen molar-refractivity contribution in [2.75, 3.05) is 26.1 Å². The van der Waals surface area contributed by atoms with Crippen LogP contribution in [0.3, 0.4) is 0 Å². The molecule has 0 atom stereocenters. The molecule has 1 aromatic rings. The molecule has 1 aliphatic rings. The van der Waals surface area contributed by atoms with Crippen LogP contribution in [0.5, 0.6) is 5.75 Å². The van der Waals surface area contributed by atoms with Crippen molar-refractivity contribution >= 4 is 11.6 Å². The molecule has 2 rings (SSSR count). The Balaban J connectivity index is 2.44. The summed E-state index contributed by atoms with van der Waals surface area (Å²) in [5.41, 5.74) is 4.14. The third-order valence-electron chi connectivity index (χ3n) is 4.51. The van der Waals surface area contributed by atoms with Gasteiger partial charge in [-0.15, -0.1) is 11.6 Å². The van der Waals surface area contributed by atoms with Gasteiger partial charge in [-0.25, -0.2) is 0 Å². The van der Waals surface area contributed by atoms with Gasteiger partial charge in [0, 0.05) is 36.0 Å². The molecule has 0 radical (unpaired) electrons. The zero-order valence-corrected chi connectivity index (χ0v) is 14.9. The first-order chi connectivity index (χ1) is 10.3. The SMILES string of the molecule is COc1c(CCCl)cc(C)c(C#N)c1C1CN(C(C)(C)C)C1. The van der Waals surface area contributed by atoms with Crippen LogP contribution in [0, 0.1) is 18.3 Å². The van der Waals surface area contributed by atoms with Gasteiger partial charge in [0.25, 0.3) is 0 Å². The maximum absolute atomic E-state index is 9.59. The number of alkyl halides is 1. The molecule has 0 aliphatic carbocycles. The van der Waals surface area contributed by atoms with Gasteiger partial charge in [-0.3, -0.25) is 4.90 Å². The minimum atomic E-state index is 0.166. The van der Waals surface area contributed by atoms with Crippen LogP contribution >= 0.6 is 11.6 Å². The number of hydrogen-bond donors (Lipinski definition) is 0. The van der Waals surface area contributed by atoms with E-state index in [9.17, 15) is 5.26 Å². The van der Waals surface area contributed by atoms with Gasteiger partial charge in [0.05, 0.1) is 18.7 Å². The van der Waals surface area contributed by atoms with Crippen LogP contribution in [-0.2, 0) is 6.42 Å². The lowest BCUT2D eigenvalue weighted by Gasteiger charge is -2.48. The third kappa shape index (κ3) is 3.09. The molecule has 0 aromatic heterocycles. The molecule has 1 heterocycles. The minimum absolute atomic E-state index is 0.166. The Morgan fingerprint density at radius 1 is 1.41 bits per heavy atom. The van der Waals surface area contributed by atoms with Crippen molar-refractivity contribution in [3.8, 4) is 11.8 Å². The Bertz CT molecular complexity index is 593. The fraction of sp³-hybridized carbons (Fsp3) is 0.611. The molecule has 0 N–H and O–H groups in total. The fourth-order valence-electron chi connectivity index (χ4n) is 3.17. The average Bonchev–Trinajstić information content (AvgIpc) is 2.36. The summed E-state index contributed by atoms with van der Waals surface area (Å²) in [5.74, 6) is 1.78. The van der Waals surface area contributed by atoms with E-state index in [2.05, 4.69) is 31.7 Å². The molecule has 1 aromatic carbocycles. The van der Waals surface area contributed by atoms with E-state index in [0.717, 1.165) is 47.5 Å². The van der Waals surface area contributed by atoms with E-state index in [4.69, 9.17) is 16.3 Å². The number of benzene rings is 1. The summed E-state index contributed by atoms with van der Waals surface area (Å²) < 4.78 is 5.68. The van der Waals surface area contributed by atoms with Crippen LogP contribution in [-0.4, -0.2) is 36.5 Å². The van der Waals surface area contributed by atoms with E-state index in [1.165, 1.54) is 0 Å². The first-order valence-electron chi connectivity index (χ1n) is 7.75. The van der Waals surface area contributed by atoms with E-state index >= 15 is 0 Å². The lowest BCUT2D eigenvalue weighted by molar-refractivity contribution is 0.0460. The highest BCUT2D eigenvalue weighted by Gasteiger charge is 2.38. The quantitative estimate of drug-likeness (QED) is 0.790. The molecule has 0 amide bonds. The molecule has 0 bridgehead atoms. The highest BCUT2D eigenvalue weighted by molar-refractivity contribution is 6.18. The van der Waals surface area contributed by atoms with Crippen molar-refractivity contribution < 1.29 is 4.74 Å². The van der Waals surface area contributed by atoms with Crippen LogP contribution < -0.4 is 4.74 Å². The Hall–Kier alpha value is -1.24. The number of nitrogens with zero attached hydrogens (tertiary/aromatic N) is 2. The molecule has 3 nitrogen and oxygen atoms in total. The first kappa shape index (κ1) is 17.1. The van der Waals surface area contributed by atoms with Crippen molar-refractivity contribution in [1.29, 1.82) is 5.26 Å². The average molecular weight is 321 g/mol. The highest BCUT2D eigenvalue weighted by Crippen LogP contribution is 2.41. The zero-order chi connectivity index (χ0) is 16.5. The number of methoxy groups -OCH3 is 1. The van der Waals surface area contributed by atoms with Crippen molar-refractivity contribution in [2.45, 2.75) is 45.6 Å². The van der Waals surface area contributed by atoms with Gasteiger partial charge in [-0.1, -0.05) is 6.07 Å². The van der Waals surface area contributed by atoms with Gasteiger partial charge >= 0.3 is 0 Å². The second kappa shape index (κ2) is 6.48. The molecular weight excluding hydrogens is 296 g/mol. The van der Waals surface area contributed by atoms with Crippen LogP contribution in [0.15, 0.2) is 6.07 Å². The van der Waals surface area contributed by atoms with Gasteiger partial charge in [0.1, 0.15) is 5.75 Å². The Labute approximate surface area is 138 Å². The number of halogens is 1. The Kier molecular flexibility index (Phi) is 5.04. The van der Waals surface area contributed by atoms with Crippen LogP contribution in [0.4, 0.5) is 0 Å². The molecule has 120 valence electrons. The normalized spacial score (nSPS) is 16.2. The number of hydrogen-bond acceptors (Lipinski definition) is 3. The molecule has 1 saturated heterocycles. The number of nitriles is 1. The summed E-state index contributed by atoms with van der Waals surface area (Å²) >= 11 is 5.93. The van der Waals surface area contributed by atoms with E-state index in [0.29, 0.717) is 11.8 Å². The Morgan fingerprint density at radius 2 is 2.05 bits per heavy atom.